The highest BCUT2D eigenvalue weighted by Gasteiger charge is 2.28. The molecule has 2 amide bonds. The number of nitrogens with one attached hydrogen (secondary N) is 1. The van der Waals surface area contributed by atoms with Gasteiger partial charge in [0.1, 0.15) is 0 Å². The molecule has 0 radical (unpaired) electrons. The van der Waals surface area contributed by atoms with Crippen molar-refractivity contribution in [2.45, 2.75) is 19.3 Å². The fraction of sp³-hybridized carbons (Fsp3) is 0.391. The third-order valence-corrected chi connectivity index (χ3v) is 6.02. The summed E-state index contributed by atoms with van der Waals surface area (Å²) in [7, 11) is 3.20. The van der Waals surface area contributed by atoms with Crippen LogP contribution >= 0.6 is 23.2 Å². The van der Waals surface area contributed by atoms with Gasteiger partial charge < -0.3 is 19.7 Å². The van der Waals surface area contributed by atoms with Crippen LogP contribution in [0.3, 0.4) is 0 Å². The van der Waals surface area contributed by atoms with Crippen molar-refractivity contribution in [2.75, 3.05) is 33.9 Å². The summed E-state index contributed by atoms with van der Waals surface area (Å²) in [5.41, 5.74) is 1.49. The summed E-state index contributed by atoms with van der Waals surface area (Å²) >= 11 is 12.1. The SMILES string of the molecule is COc1ccc(CCNC(=O)C2CCN(C(=O)c3ccc(Cl)cc3Cl)CC2)cc1OC. The van der Waals surface area contributed by atoms with Gasteiger partial charge in [-0.15, -0.1) is 0 Å². The molecule has 1 aliphatic heterocycles. The van der Waals surface area contributed by atoms with Gasteiger partial charge in [0.2, 0.25) is 5.91 Å². The molecule has 6 nitrogen and oxygen atoms in total. The number of carbonyl (C=O) groups is 2. The van der Waals surface area contributed by atoms with E-state index in [1.54, 1.807) is 37.3 Å². The molecule has 2 aromatic rings. The molecule has 1 N–H and O–H groups in total. The molecule has 0 bridgehead atoms. The molecule has 0 aromatic heterocycles. The van der Waals surface area contributed by atoms with E-state index in [-0.39, 0.29) is 17.7 Å². The van der Waals surface area contributed by atoms with E-state index in [2.05, 4.69) is 5.32 Å². The second-order valence-electron chi connectivity index (χ2n) is 7.42. The zero-order chi connectivity index (χ0) is 22.4. The Kier molecular flexibility index (Phi) is 8.04. The van der Waals surface area contributed by atoms with Crippen LogP contribution in [0.15, 0.2) is 36.4 Å². The maximum absolute atomic E-state index is 12.7. The Bertz CT molecular complexity index is 943. The van der Waals surface area contributed by atoms with Gasteiger partial charge in [-0.3, -0.25) is 9.59 Å². The molecule has 166 valence electrons. The molecule has 0 saturated carbocycles. The highest BCUT2D eigenvalue weighted by Crippen LogP contribution is 2.28. The summed E-state index contributed by atoms with van der Waals surface area (Å²) in [5, 5.41) is 3.84. The highest BCUT2D eigenvalue weighted by molar-refractivity contribution is 6.36. The Morgan fingerprint density at radius 2 is 1.74 bits per heavy atom. The van der Waals surface area contributed by atoms with Gasteiger partial charge in [0, 0.05) is 30.6 Å². The number of methoxy groups -OCH3 is 2. The molecule has 1 fully saturated rings. The maximum Gasteiger partial charge on any atom is 0.255 e. The van der Waals surface area contributed by atoms with Crippen molar-refractivity contribution in [1.82, 2.24) is 10.2 Å². The molecule has 0 aliphatic carbocycles. The van der Waals surface area contributed by atoms with Crippen molar-refractivity contribution in [3.05, 3.63) is 57.6 Å². The zero-order valence-electron chi connectivity index (χ0n) is 17.6. The Morgan fingerprint density at radius 1 is 1.03 bits per heavy atom. The van der Waals surface area contributed by atoms with E-state index in [1.165, 1.54) is 0 Å². The maximum atomic E-state index is 12.7. The fourth-order valence-corrected chi connectivity index (χ4v) is 4.18. The number of likely N-dealkylation sites (tertiary alicyclic amines) is 1. The molecule has 8 heteroatoms. The molecule has 0 atom stereocenters. The van der Waals surface area contributed by atoms with Crippen molar-refractivity contribution in [3.8, 4) is 11.5 Å². The van der Waals surface area contributed by atoms with Crippen LogP contribution in [0.5, 0.6) is 11.5 Å². The number of hydrogen-bond donors (Lipinski definition) is 1. The van der Waals surface area contributed by atoms with Crippen molar-refractivity contribution >= 4 is 35.0 Å². The lowest BCUT2D eigenvalue weighted by atomic mass is 9.95. The topological polar surface area (TPSA) is 67.9 Å². The average Bonchev–Trinajstić information content (AvgIpc) is 2.78. The molecule has 0 unspecified atom stereocenters. The number of hydrogen-bond acceptors (Lipinski definition) is 4. The monoisotopic (exact) mass is 464 g/mol. The Labute approximate surface area is 192 Å². The summed E-state index contributed by atoms with van der Waals surface area (Å²) < 4.78 is 10.6. The summed E-state index contributed by atoms with van der Waals surface area (Å²) in [6, 6.07) is 10.6. The minimum absolute atomic E-state index is 0.0251. The van der Waals surface area contributed by atoms with Crippen LogP contribution in [0.1, 0.15) is 28.8 Å². The van der Waals surface area contributed by atoms with Gasteiger partial charge in [0.25, 0.3) is 5.91 Å². The first kappa shape index (κ1) is 23.2. The van der Waals surface area contributed by atoms with Crippen LogP contribution in [0, 0.1) is 5.92 Å². The molecule has 2 aromatic carbocycles. The van der Waals surface area contributed by atoms with Gasteiger partial charge >= 0.3 is 0 Å². The van der Waals surface area contributed by atoms with Gasteiger partial charge in [0.05, 0.1) is 24.8 Å². The van der Waals surface area contributed by atoms with Crippen LogP contribution < -0.4 is 14.8 Å². The quantitative estimate of drug-likeness (QED) is 0.665. The largest absolute Gasteiger partial charge is 0.493 e. The Morgan fingerprint density at radius 3 is 2.39 bits per heavy atom. The smallest absolute Gasteiger partial charge is 0.255 e. The molecular weight excluding hydrogens is 439 g/mol. The second-order valence-corrected chi connectivity index (χ2v) is 8.26. The lowest BCUT2D eigenvalue weighted by molar-refractivity contribution is -0.126. The number of benzene rings is 2. The van der Waals surface area contributed by atoms with Gasteiger partial charge in [-0.25, -0.2) is 0 Å². The van der Waals surface area contributed by atoms with Crippen LogP contribution in [-0.4, -0.2) is 50.6 Å². The summed E-state index contributed by atoms with van der Waals surface area (Å²) in [6.07, 6.45) is 1.94. The number of nitrogens with zero attached hydrogens (tertiary/aromatic N) is 1. The van der Waals surface area contributed by atoms with E-state index < -0.39 is 0 Å². The summed E-state index contributed by atoms with van der Waals surface area (Å²) in [6.45, 7) is 1.57. The predicted molar refractivity (Wildman–Crippen MR) is 121 cm³/mol. The lowest BCUT2D eigenvalue weighted by Crippen LogP contribution is -2.43. The number of rotatable bonds is 7. The molecular formula is C23H26Cl2N2O4. The lowest BCUT2D eigenvalue weighted by Gasteiger charge is -2.31. The second kappa shape index (κ2) is 10.7. The van der Waals surface area contributed by atoms with Crippen LogP contribution in [0.4, 0.5) is 0 Å². The number of piperidine rings is 1. The molecule has 0 spiro atoms. The van der Waals surface area contributed by atoms with Crippen molar-refractivity contribution in [2.24, 2.45) is 5.92 Å². The molecule has 1 heterocycles. The average molecular weight is 465 g/mol. The van der Waals surface area contributed by atoms with E-state index in [4.69, 9.17) is 32.7 Å². The Hall–Kier alpha value is -2.44. The minimum Gasteiger partial charge on any atom is -0.493 e. The van der Waals surface area contributed by atoms with Crippen LogP contribution in [0.2, 0.25) is 10.0 Å². The molecule has 1 aliphatic rings. The number of halogens is 2. The van der Waals surface area contributed by atoms with E-state index in [0.717, 1.165) is 5.56 Å². The molecule has 1 saturated heterocycles. The fourth-order valence-electron chi connectivity index (χ4n) is 3.69. The third-order valence-electron chi connectivity index (χ3n) is 5.48. The molecule has 3 rings (SSSR count). The van der Waals surface area contributed by atoms with Gasteiger partial charge in [0.15, 0.2) is 11.5 Å². The third kappa shape index (κ3) is 5.83. The van der Waals surface area contributed by atoms with E-state index >= 15 is 0 Å². The number of amides is 2. The first-order valence-electron chi connectivity index (χ1n) is 10.2. The minimum atomic E-state index is -0.131. The van der Waals surface area contributed by atoms with E-state index in [9.17, 15) is 9.59 Å². The van der Waals surface area contributed by atoms with Crippen molar-refractivity contribution in [1.29, 1.82) is 0 Å². The van der Waals surface area contributed by atoms with Gasteiger partial charge in [-0.2, -0.15) is 0 Å². The first-order chi connectivity index (χ1) is 14.9. The standard InChI is InChI=1S/C23H26Cl2N2O4/c1-30-20-6-3-15(13-21(20)31-2)7-10-26-22(28)16-8-11-27(12-9-16)23(29)18-5-4-17(24)14-19(18)25/h3-6,13-14,16H,7-12H2,1-2H3,(H,26,28). The van der Waals surface area contributed by atoms with E-state index in [0.29, 0.717) is 66.0 Å². The predicted octanol–water partition coefficient (Wildman–Crippen LogP) is 4.22. The first-order valence-corrected chi connectivity index (χ1v) is 10.9. The van der Waals surface area contributed by atoms with Crippen LogP contribution in [-0.2, 0) is 11.2 Å². The van der Waals surface area contributed by atoms with Crippen molar-refractivity contribution in [3.63, 3.8) is 0 Å². The van der Waals surface area contributed by atoms with E-state index in [1.807, 2.05) is 18.2 Å². The molecule has 31 heavy (non-hydrogen) atoms. The summed E-state index contributed by atoms with van der Waals surface area (Å²) in [5.74, 6) is 1.14. The Balaban J connectivity index is 1.46. The number of ether oxygens (including phenoxy) is 2. The zero-order valence-corrected chi connectivity index (χ0v) is 19.1. The van der Waals surface area contributed by atoms with Crippen LogP contribution in [0.25, 0.3) is 0 Å². The normalized spacial score (nSPS) is 14.3. The van der Waals surface area contributed by atoms with Gasteiger partial charge in [-0.05, 0) is 55.2 Å². The highest BCUT2D eigenvalue weighted by atomic mass is 35.5. The van der Waals surface area contributed by atoms with Crippen molar-refractivity contribution < 1.29 is 19.1 Å². The summed E-state index contributed by atoms with van der Waals surface area (Å²) in [4.78, 5) is 27.0. The number of carbonyl (C=O) groups excluding carboxylic acids is 2. The van der Waals surface area contributed by atoms with Gasteiger partial charge in [-0.1, -0.05) is 29.3 Å².